The summed E-state index contributed by atoms with van der Waals surface area (Å²) in [5.41, 5.74) is 1.15. The molecule has 1 unspecified atom stereocenters. The molecule has 2 rings (SSSR count). The van der Waals surface area contributed by atoms with Crippen LogP contribution in [0.25, 0.3) is 0 Å². The van der Waals surface area contributed by atoms with Crippen molar-refractivity contribution in [3.05, 3.63) is 30.1 Å². The van der Waals surface area contributed by atoms with Crippen molar-refractivity contribution in [2.45, 2.75) is 32.2 Å². The van der Waals surface area contributed by atoms with Crippen LogP contribution in [0, 0.1) is 0 Å². The molecule has 1 atom stereocenters. The van der Waals surface area contributed by atoms with Gasteiger partial charge in [-0.15, -0.1) is 0 Å². The van der Waals surface area contributed by atoms with Crippen molar-refractivity contribution in [1.29, 1.82) is 0 Å². The van der Waals surface area contributed by atoms with E-state index in [1.54, 1.807) is 17.3 Å². The summed E-state index contributed by atoms with van der Waals surface area (Å²) in [5.74, 6) is -0.00554. The minimum Gasteiger partial charge on any atom is -0.344 e. The van der Waals surface area contributed by atoms with E-state index in [4.69, 9.17) is 0 Å². The Labute approximate surface area is 113 Å². The SMILES string of the molecule is CCC1NC(=O)CCN(CCc2ccncc2)C1=O. The Morgan fingerprint density at radius 2 is 2.11 bits per heavy atom. The monoisotopic (exact) mass is 261 g/mol. The summed E-state index contributed by atoms with van der Waals surface area (Å²) in [4.78, 5) is 29.5. The molecular formula is C14H19N3O2. The predicted octanol–water partition coefficient (Wildman–Crippen LogP) is 0.751. The third kappa shape index (κ3) is 3.53. The van der Waals surface area contributed by atoms with Crippen LogP contribution in [0.2, 0.25) is 0 Å². The minimum atomic E-state index is -0.368. The maximum absolute atomic E-state index is 12.2. The Kier molecular flexibility index (Phi) is 4.49. The van der Waals surface area contributed by atoms with Crippen molar-refractivity contribution in [2.24, 2.45) is 0 Å². The third-order valence-electron chi connectivity index (χ3n) is 3.38. The molecule has 1 aromatic rings. The molecular weight excluding hydrogens is 242 g/mol. The van der Waals surface area contributed by atoms with Crippen molar-refractivity contribution >= 4 is 11.8 Å². The molecule has 102 valence electrons. The van der Waals surface area contributed by atoms with Crippen molar-refractivity contribution < 1.29 is 9.59 Å². The number of carbonyl (C=O) groups excluding carboxylic acids is 2. The van der Waals surface area contributed by atoms with Crippen LogP contribution in [0.4, 0.5) is 0 Å². The first-order chi connectivity index (χ1) is 9.20. The molecule has 0 aromatic carbocycles. The van der Waals surface area contributed by atoms with Gasteiger partial charge in [0.2, 0.25) is 11.8 Å². The molecule has 5 nitrogen and oxygen atoms in total. The minimum absolute atomic E-state index is 0.0300. The number of hydrogen-bond acceptors (Lipinski definition) is 3. The van der Waals surface area contributed by atoms with Gasteiger partial charge in [0, 0.05) is 31.9 Å². The van der Waals surface area contributed by atoms with Gasteiger partial charge in [0.15, 0.2) is 0 Å². The van der Waals surface area contributed by atoms with Gasteiger partial charge in [-0.3, -0.25) is 14.6 Å². The van der Waals surface area contributed by atoms with Gasteiger partial charge >= 0.3 is 0 Å². The fourth-order valence-corrected chi connectivity index (χ4v) is 2.21. The van der Waals surface area contributed by atoms with Crippen molar-refractivity contribution in [3.63, 3.8) is 0 Å². The van der Waals surface area contributed by atoms with Gasteiger partial charge in [0.25, 0.3) is 0 Å². The second-order valence-electron chi connectivity index (χ2n) is 4.71. The molecule has 1 aliphatic heterocycles. The van der Waals surface area contributed by atoms with E-state index in [2.05, 4.69) is 10.3 Å². The van der Waals surface area contributed by atoms with Crippen LogP contribution in [-0.2, 0) is 16.0 Å². The number of rotatable bonds is 4. The molecule has 1 N–H and O–H groups in total. The maximum Gasteiger partial charge on any atom is 0.245 e. The van der Waals surface area contributed by atoms with Crippen LogP contribution in [0.3, 0.4) is 0 Å². The molecule has 1 saturated heterocycles. The highest BCUT2D eigenvalue weighted by Crippen LogP contribution is 2.08. The smallest absolute Gasteiger partial charge is 0.245 e. The van der Waals surface area contributed by atoms with Gasteiger partial charge in [-0.2, -0.15) is 0 Å². The molecule has 0 saturated carbocycles. The molecule has 0 bridgehead atoms. The Morgan fingerprint density at radius 3 is 2.79 bits per heavy atom. The first kappa shape index (κ1) is 13.5. The zero-order valence-electron chi connectivity index (χ0n) is 11.1. The summed E-state index contributed by atoms with van der Waals surface area (Å²) in [6.07, 6.45) is 5.31. The fourth-order valence-electron chi connectivity index (χ4n) is 2.21. The Morgan fingerprint density at radius 1 is 1.37 bits per heavy atom. The molecule has 5 heteroatoms. The predicted molar refractivity (Wildman–Crippen MR) is 71.4 cm³/mol. The van der Waals surface area contributed by atoms with Gasteiger partial charge in [-0.1, -0.05) is 6.92 Å². The zero-order valence-corrected chi connectivity index (χ0v) is 11.1. The summed E-state index contributed by atoms with van der Waals surface area (Å²) in [6.45, 7) is 3.07. The standard InChI is InChI=1S/C14H19N3O2/c1-2-12-14(19)17(10-6-13(18)16-12)9-5-11-3-7-15-8-4-11/h3-4,7-8,12H,2,5-6,9-10H2,1H3,(H,16,18). The van der Waals surface area contributed by atoms with Crippen LogP contribution in [0.5, 0.6) is 0 Å². The molecule has 1 fully saturated rings. The topological polar surface area (TPSA) is 62.3 Å². The van der Waals surface area contributed by atoms with Gasteiger partial charge in [0.05, 0.1) is 0 Å². The number of carbonyl (C=O) groups is 2. The number of amides is 2. The zero-order chi connectivity index (χ0) is 13.7. The third-order valence-corrected chi connectivity index (χ3v) is 3.38. The quantitative estimate of drug-likeness (QED) is 0.870. The Balaban J connectivity index is 1.98. The largest absolute Gasteiger partial charge is 0.344 e. The molecule has 1 aliphatic rings. The Hall–Kier alpha value is -1.91. The van der Waals surface area contributed by atoms with E-state index in [9.17, 15) is 9.59 Å². The van der Waals surface area contributed by atoms with Gasteiger partial charge in [-0.25, -0.2) is 0 Å². The van der Waals surface area contributed by atoms with Crippen LogP contribution in [0.15, 0.2) is 24.5 Å². The van der Waals surface area contributed by atoms with Gasteiger partial charge < -0.3 is 10.2 Å². The lowest BCUT2D eigenvalue weighted by molar-refractivity contribution is -0.133. The number of nitrogens with one attached hydrogen (secondary N) is 1. The van der Waals surface area contributed by atoms with Gasteiger partial charge in [-0.05, 0) is 30.5 Å². The first-order valence-corrected chi connectivity index (χ1v) is 6.67. The summed E-state index contributed by atoms with van der Waals surface area (Å²) < 4.78 is 0. The second kappa shape index (κ2) is 6.31. The number of pyridine rings is 1. The van der Waals surface area contributed by atoms with E-state index in [1.165, 1.54) is 0 Å². The normalized spacial score (nSPS) is 20.1. The summed E-state index contributed by atoms with van der Waals surface area (Å²) in [5, 5.41) is 2.77. The lowest BCUT2D eigenvalue weighted by atomic mass is 10.1. The molecule has 2 amide bonds. The second-order valence-corrected chi connectivity index (χ2v) is 4.71. The van der Waals surface area contributed by atoms with Crippen molar-refractivity contribution in [2.75, 3.05) is 13.1 Å². The van der Waals surface area contributed by atoms with E-state index in [0.29, 0.717) is 25.9 Å². The number of nitrogens with zero attached hydrogens (tertiary/aromatic N) is 2. The summed E-state index contributed by atoms with van der Waals surface area (Å²) >= 11 is 0. The molecule has 1 aromatic heterocycles. The van der Waals surface area contributed by atoms with Crippen LogP contribution in [-0.4, -0.2) is 40.8 Å². The van der Waals surface area contributed by atoms with Crippen molar-refractivity contribution in [1.82, 2.24) is 15.2 Å². The fraction of sp³-hybridized carbons (Fsp3) is 0.500. The average molecular weight is 261 g/mol. The van der Waals surface area contributed by atoms with E-state index >= 15 is 0 Å². The number of hydrogen-bond donors (Lipinski definition) is 1. The first-order valence-electron chi connectivity index (χ1n) is 6.67. The molecule has 0 radical (unpaired) electrons. The van der Waals surface area contributed by atoms with E-state index in [0.717, 1.165) is 12.0 Å². The maximum atomic E-state index is 12.2. The molecule has 19 heavy (non-hydrogen) atoms. The number of aromatic nitrogens is 1. The van der Waals surface area contributed by atoms with Crippen LogP contribution in [0.1, 0.15) is 25.3 Å². The van der Waals surface area contributed by atoms with E-state index in [1.807, 2.05) is 19.1 Å². The highest BCUT2D eigenvalue weighted by atomic mass is 16.2. The highest BCUT2D eigenvalue weighted by molar-refractivity contribution is 5.89. The molecule has 2 heterocycles. The van der Waals surface area contributed by atoms with E-state index in [-0.39, 0.29) is 17.9 Å². The van der Waals surface area contributed by atoms with E-state index < -0.39 is 0 Å². The average Bonchev–Trinajstić information content (AvgIpc) is 2.58. The van der Waals surface area contributed by atoms with Crippen molar-refractivity contribution in [3.8, 4) is 0 Å². The summed E-state index contributed by atoms with van der Waals surface area (Å²) in [7, 11) is 0. The highest BCUT2D eigenvalue weighted by Gasteiger charge is 2.27. The van der Waals surface area contributed by atoms with Crippen LogP contribution < -0.4 is 5.32 Å². The summed E-state index contributed by atoms with van der Waals surface area (Å²) in [6, 6.07) is 3.53. The van der Waals surface area contributed by atoms with Gasteiger partial charge in [0.1, 0.15) is 6.04 Å². The molecule has 0 aliphatic carbocycles. The Bertz CT molecular complexity index is 447. The van der Waals surface area contributed by atoms with Crippen LogP contribution >= 0.6 is 0 Å². The lowest BCUT2D eigenvalue weighted by Gasteiger charge is -2.23. The lowest BCUT2D eigenvalue weighted by Crippen LogP contribution is -2.44. The molecule has 0 spiro atoms.